The molecule has 1 saturated heterocycles. The summed E-state index contributed by atoms with van der Waals surface area (Å²) in [6.07, 6.45) is 5.78. The standard InChI is InChI=1S/C16H23N5O3S2/c1-3-4-7-21-11-12(10-17-21)18-16(22)14-9-13(15-6-5-8-25-15)19-26(23,24)20(14)2/h5-6,8,10-11,13-14,19H,3-4,7,9H2,1-2H3,(H,18,22). The molecule has 0 aromatic carbocycles. The van der Waals surface area contributed by atoms with Crippen LogP contribution >= 0.6 is 11.3 Å². The lowest BCUT2D eigenvalue weighted by molar-refractivity contribution is -0.120. The second-order valence-corrected chi connectivity index (χ2v) is 9.03. The fraction of sp³-hybridized carbons (Fsp3) is 0.500. The van der Waals surface area contributed by atoms with E-state index in [-0.39, 0.29) is 5.91 Å². The molecule has 2 aromatic heterocycles. The molecule has 2 unspecified atom stereocenters. The molecule has 0 spiro atoms. The molecule has 1 fully saturated rings. The highest BCUT2D eigenvalue weighted by Gasteiger charge is 2.41. The van der Waals surface area contributed by atoms with Crippen molar-refractivity contribution in [3.05, 3.63) is 34.8 Å². The Morgan fingerprint density at radius 3 is 3.00 bits per heavy atom. The third kappa shape index (κ3) is 4.14. The van der Waals surface area contributed by atoms with Crippen LogP contribution in [0.25, 0.3) is 0 Å². The van der Waals surface area contributed by atoms with Crippen LogP contribution in [0.1, 0.15) is 37.1 Å². The highest BCUT2D eigenvalue weighted by molar-refractivity contribution is 7.87. The summed E-state index contributed by atoms with van der Waals surface area (Å²) in [5.74, 6) is -0.353. The number of amides is 1. The number of aryl methyl sites for hydroxylation is 1. The lowest BCUT2D eigenvalue weighted by atomic mass is 10.1. The van der Waals surface area contributed by atoms with E-state index in [2.05, 4.69) is 22.1 Å². The Kier molecular flexibility index (Phi) is 5.76. The molecular weight excluding hydrogens is 374 g/mol. The van der Waals surface area contributed by atoms with Crippen LogP contribution in [0.3, 0.4) is 0 Å². The molecule has 0 radical (unpaired) electrons. The lowest BCUT2D eigenvalue weighted by Gasteiger charge is -2.35. The van der Waals surface area contributed by atoms with Gasteiger partial charge in [-0.15, -0.1) is 11.3 Å². The summed E-state index contributed by atoms with van der Waals surface area (Å²) in [6.45, 7) is 2.89. The number of aromatic nitrogens is 2. The molecule has 10 heteroatoms. The molecule has 3 rings (SSSR count). The quantitative estimate of drug-likeness (QED) is 0.779. The highest BCUT2D eigenvalue weighted by Crippen LogP contribution is 2.30. The van der Waals surface area contributed by atoms with Gasteiger partial charge >= 0.3 is 0 Å². The number of carbonyl (C=O) groups is 1. The second kappa shape index (κ2) is 7.87. The van der Waals surface area contributed by atoms with Crippen molar-refractivity contribution >= 4 is 33.1 Å². The molecule has 2 N–H and O–H groups in total. The Morgan fingerprint density at radius 2 is 2.31 bits per heavy atom. The molecule has 0 saturated carbocycles. The minimum atomic E-state index is -3.72. The molecule has 1 aliphatic heterocycles. The van der Waals surface area contributed by atoms with Crippen LogP contribution < -0.4 is 10.0 Å². The van der Waals surface area contributed by atoms with Gasteiger partial charge in [0.05, 0.1) is 17.9 Å². The van der Waals surface area contributed by atoms with Gasteiger partial charge in [0, 0.05) is 24.7 Å². The van der Waals surface area contributed by atoms with E-state index < -0.39 is 22.3 Å². The van der Waals surface area contributed by atoms with Gasteiger partial charge in [-0.1, -0.05) is 19.4 Å². The average molecular weight is 398 g/mol. The topological polar surface area (TPSA) is 96.3 Å². The Hall–Kier alpha value is -1.75. The summed E-state index contributed by atoms with van der Waals surface area (Å²) in [5.41, 5.74) is 0.572. The van der Waals surface area contributed by atoms with Crippen LogP contribution in [0.15, 0.2) is 29.9 Å². The molecule has 142 valence electrons. The highest BCUT2D eigenvalue weighted by atomic mass is 32.2. The number of nitrogens with zero attached hydrogens (tertiary/aromatic N) is 3. The molecule has 2 atom stereocenters. The van der Waals surface area contributed by atoms with Gasteiger partial charge in [-0.2, -0.15) is 22.5 Å². The largest absolute Gasteiger partial charge is 0.322 e. The normalized spacial score (nSPS) is 23.0. The van der Waals surface area contributed by atoms with Gasteiger partial charge in [0.1, 0.15) is 6.04 Å². The average Bonchev–Trinajstić information content (AvgIpc) is 3.27. The molecule has 0 aliphatic carbocycles. The second-order valence-electron chi connectivity index (χ2n) is 6.29. The van der Waals surface area contributed by atoms with Crippen molar-refractivity contribution in [2.24, 2.45) is 0 Å². The first kappa shape index (κ1) is 19.0. The Labute approximate surface area is 157 Å². The van der Waals surface area contributed by atoms with Crippen molar-refractivity contribution in [3.8, 4) is 0 Å². The van der Waals surface area contributed by atoms with E-state index in [4.69, 9.17) is 0 Å². The van der Waals surface area contributed by atoms with Crippen LogP contribution in [0.4, 0.5) is 5.69 Å². The number of carbonyl (C=O) groups excluding carboxylic acids is 1. The first-order chi connectivity index (χ1) is 12.4. The number of unbranched alkanes of at least 4 members (excludes halogenated alkanes) is 1. The van der Waals surface area contributed by atoms with Crippen molar-refractivity contribution in [3.63, 3.8) is 0 Å². The van der Waals surface area contributed by atoms with E-state index >= 15 is 0 Å². The Balaban J connectivity index is 1.73. The molecule has 8 nitrogen and oxygen atoms in total. The fourth-order valence-electron chi connectivity index (χ4n) is 2.88. The predicted octanol–water partition coefficient (Wildman–Crippen LogP) is 1.96. The molecule has 0 bridgehead atoms. The maximum absolute atomic E-state index is 12.7. The smallest absolute Gasteiger partial charge is 0.280 e. The number of rotatable bonds is 6. The first-order valence-corrected chi connectivity index (χ1v) is 10.8. The summed E-state index contributed by atoms with van der Waals surface area (Å²) in [6, 6.07) is 2.55. The van der Waals surface area contributed by atoms with Crippen LogP contribution in [0, 0.1) is 0 Å². The summed E-state index contributed by atoms with van der Waals surface area (Å²) >= 11 is 1.47. The van der Waals surface area contributed by atoms with Crippen LogP contribution in [0.5, 0.6) is 0 Å². The van der Waals surface area contributed by atoms with Gasteiger partial charge in [-0.25, -0.2) is 0 Å². The van der Waals surface area contributed by atoms with E-state index in [0.29, 0.717) is 12.1 Å². The fourth-order valence-corrected chi connectivity index (χ4v) is 5.01. The van der Waals surface area contributed by atoms with Gasteiger partial charge < -0.3 is 5.32 Å². The zero-order chi connectivity index (χ0) is 18.7. The predicted molar refractivity (Wildman–Crippen MR) is 101 cm³/mol. The summed E-state index contributed by atoms with van der Waals surface area (Å²) in [5, 5.41) is 8.89. The van der Waals surface area contributed by atoms with Crippen molar-refractivity contribution < 1.29 is 13.2 Å². The SMILES string of the molecule is CCCCn1cc(NC(=O)C2CC(c3cccs3)NS(=O)(=O)N2C)cn1. The number of thiophene rings is 1. The monoisotopic (exact) mass is 397 g/mol. The van der Waals surface area contributed by atoms with E-state index in [9.17, 15) is 13.2 Å². The van der Waals surface area contributed by atoms with Crippen molar-refractivity contribution in [1.82, 2.24) is 18.8 Å². The molecule has 26 heavy (non-hydrogen) atoms. The number of likely N-dealkylation sites (N-methyl/N-ethyl adjacent to an activating group) is 1. The third-order valence-electron chi connectivity index (χ3n) is 4.40. The third-order valence-corrected chi connectivity index (χ3v) is 6.98. The van der Waals surface area contributed by atoms with Crippen LogP contribution in [-0.4, -0.2) is 41.5 Å². The van der Waals surface area contributed by atoms with E-state index in [1.54, 1.807) is 17.1 Å². The molecule has 3 heterocycles. The van der Waals surface area contributed by atoms with Gasteiger partial charge in [-0.3, -0.25) is 9.48 Å². The maximum atomic E-state index is 12.7. The first-order valence-electron chi connectivity index (χ1n) is 8.52. The summed E-state index contributed by atoms with van der Waals surface area (Å²) in [4.78, 5) is 13.6. The van der Waals surface area contributed by atoms with Gasteiger partial charge in [0.15, 0.2) is 0 Å². The van der Waals surface area contributed by atoms with Crippen LogP contribution in [-0.2, 0) is 21.5 Å². The van der Waals surface area contributed by atoms with E-state index in [1.165, 1.54) is 18.4 Å². The minimum absolute atomic E-state index is 0.353. The summed E-state index contributed by atoms with van der Waals surface area (Å²) < 4.78 is 30.3. The van der Waals surface area contributed by atoms with Crippen molar-refractivity contribution in [1.29, 1.82) is 0 Å². The number of hydrogen-bond donors (Lipinski definition) is 2. The van der Waals surface area contributed by atoms with Crippen molar-refractivity contribution in [2.75, 3.05) is 12.4 Å². The van der Waals surface area contributed by atoms with E-state index in [1.807, 2.05) is 17.5 Å². The van der Waals surface area contributed by atoms with Gasteiger partial charge in [0.2, 0.25) is 5.91 Å². The lowest BCUT2D eigenvalue weighted by Crippen LogP contribution is -2.55. The van der Waals surface area contributed by atoms with Gasteiger partial charge in [0.25, 0.3) is 10.2 Å². The Morgan fingerprint density at radius 1 is 1.50 bits per heavy atom. The maximum Gasteiger partial charge on any atom is 0.280 e. The van der Waals surface area contributed by atoms with Crippen LogP contribution in [0.2, 0.25) is 0 Å². The van der Waals surface area contributed by atoms with Gasteiger partial charge in [-0.05, 0) is 24.3 Å². The minimum Gasteiger partial charge on any atom is -0.322 e. The number of nitrogens with one attached hydrogen (secondary N) is 2. The molecule has 1 aliphatic rings. The molecular formula is C16H23N5O3S2. The number of hydrogen-bond acceptors (Lipinski definition) is 5. The number of anilines is 1. The Bertz CT molecular complexity index is 847. The zero-order valence-electron chi connectivity index (χ0n) is 14.8. The zero-order valence-corrected chi connectivity index (χ0v) is 16.4. The summed E-state index contributed by atoms with van der Waals surface area (Å²) in [7, 11) is -2.30. The molecule has 1 amide bonds. The van der Waals surface area contributed by atoms with E-state index in [0.717, 1.165) is 28.6 Å². The van der Waals surface area contributed by atoms with Crippen molar-refractivity contribution in [2.45, 2.75) is 44.8 Å². The molecule has 2 aromatic rings.